The van der Waals surface area contributed by atoms with Crippen molar-refractivity contribution in [3.63, 3.8) is 0 Å². The van der Waals surface area contributed by atoms with Crippen LogP contribution in [0.15, 0.2) is 41.9 Å². The largest absolute Gasteiger partial charge is 0.497 e. The number of fused-ring (bicyclic) bond motifs is 1. The van der Waals surface area contributed by atoms with E-state index in [0.29, 0.717) is 6.54 Å². The quantitative estimate of drug-likeness (QED) is 0.499. The Balaban J connectivity index is 1.52. The molecule has 0 saturated carbocycles. The third kappa shape index (κ3) is 3.59. The molecule has 0 aliphatic carbocycles. The smallest absolute Gasteiger partial charge is 0.169 e. The number of ether oxygens (including phenoxy) is 1. The highest BCUT2D eigenvalue weighted by Gasteiger charge is 2.21. The number of hydrogen-bond donors (Lipinski definition) is 1. The monoisotopic (exact) mass is 420 g/mol. The molecule has 7 nitrogen and oxygen atoms in total. The Morgan fingerprint density at radius 3 is 2.60 bits per heavy atom. The van der Waals surface area contributed by atoms with Crippen LogP contribution in [-0.4, -0.2) is 39.8 Å². The zero-order valence-electron chi connectivity index (χ0n) is 17.1. The highest BCUT2D eigenvalue weighted by Crippen LogP contribution is 2.34. The summed E-state index contributed by atoms with van der Waals surface area (Å²) in [7, 11) is 1.68. The Morgan fingerprint density at radius 1 is 1.10 bits per heavy atom. The Kier molecular flexibility index (Phi) is 5.00. The number of anilines is 2. The molecular formula is C22H24N6OS. The van der Waals surface area contributed by atoms with Gasteiger partial charge in [-0.15, -0.1) is 16.4 Å². The van der Waals surface area contributed by atoms with Crippen molar-refractivity contribution in [1.82, 2.24) is 19.6 Å². The SMILES string of the molecule is COc1ccc(CNc2nn3ccc(N4CCCC4)nc3c2-c2nc(C)cs2)cc1. The topological polar surface area (TPSA) is 67.6 Å². The van der Waals surface area contributed by atoms with Crippen LogP contribution in [0.3, 0.4) is 0 Å². The van der Waals surface area contributed by atoms with Gasteiger partial charge in [-0.1, -0.05) is 12.1 Å². The molecule has 4 aromatic rings. The maximum atomic E-state index is 5.25. The van der Waals surface area contributed by atoms with E-state index in [1.807, 2.05) is 29.8 Å². The lowest BCUT2D eigenvalue weighted by atomic mass is 10.2. The van der Waals surface area contributed by atoms with Gasteiger partial charge < -0.3 is 15.0 Å². The van der Waals surface area contributed by atoms with Crippen LogP contribution in [0.2, 0.25) is 0 Å². The molecule has 0 amide bonds. The first-order valence-electron chi connectivity index (χ1n) is 10.1. The molecule has 1 aliphatic rings. The normalized spacial score (nSPS) is 13.9. The summed E-state index contributed by atoms with van der Waals surface area (Å²) < 4.78 is 7.10. The zero-order valence-corrected chi connectivity index (χ0v) is 17.9. The summed E-state index contributed by atoms with van der Waals surface area (Å²) in [6.07, 6.45) is 4.44. The molecule has 0 spiro atoms. The predicted molar refractivity (Wildman–Crippen MR) is 121 cm³/mol. The van der Waals surface area contributed by atoms with Gasteiger partial charge in [-0.25, -0.2) is 14.5 Å². The summed E-state index contributed by atoms with van der Waals surface area (Å²) in [5.74, 6) is 2.66. The lowest BCUT2D eigenvalue weighted by molar-refractivity contribution is 0.414. The fraction of sp³-hybridized carbons (Fsp3) is 0.318. The van der Waals surface area contributed by atoms with Crippen LogP contribution < -0.4 is 15.0 Å². The number of nitrogens with one attached hydrogen (secondary N) is 1. The molecule has 0 atom stereocenters. The molecule has 3 aromatic heterocycles. The Labute approximate surface area is 179 Å². The van der Waals surface area contributed by atoms with Crippen molar-refractivity contribution in [3.8, 4) is 16.3 Å². The van der Waals surface area contributed by atoms with Crippen molar-refractivity contribution in [2.75, 3.05) is 30.4 Å². The van der Waals surface area contributed by atoms with Crippen LogP contribution in [-0.2, 0) is 6.54 Å². The van der Waals surface area contributed by atoms with Gasteiger partial charge in [0, 0.05) is 36.9 Å². The molecule has 0 unspecified atom stereocenters. The van der Waals surface area contributed by atoms with Gasteiger partial charge in [-0.2, -0.15) is 0 Å². The number of aromatic nitrogens is 4. The van der Waals surface area contributed by atoms with E-state index < -0.39 is 0 Å². The third-order valence-electron chi connectivity index (χ3n) is 5.35. The maximum absolute atomic E-state index is 5.25. The van der Waals surface area contributed by atoms with Gasteiger partial charge in [-0.05, 0) is 43.5 Å². The molecule has 0 bridgehead atoms. The second kappa shape index (κ2) is 7.95. The number of aryl methyl sites for hydroxylation is 1. The highest BCUT2D eigenvalue weighted by atomic mass is 32.1. The fourth-order valence-corrected chi connectivity index (χ4v) is 4.60. The summed E-state index contributed by atoms with van der Waals surface area (Å²) in [4.78, 5) is 12.0. The number of rotatable bonds is 6. The van der Waals surface area contributed by atoms with Crippen molar-refractivity contribution in [3.05, 3.63) is 53.2 Å². The first-order chi connectivity index (χ1) is 14.7. The second-order valence-electron chi connectivity index (χ2n) is 7.47. The minimum absolute atomic E-state index is 0.657. The zero-order chi connectivity index (χ0) is 20.5. The Bertz CT molecular complexity index is 1160. The molecular weight excluding hydrogens is 396 g/mol. The van der Waals surface area contributed by atoms with Crippen LogP contribution >= 0.6 is 11.3 Å². The van der Waals surface area contributed by atoms with Gasteiger partial charge in [0.2, 0.25) is 0 Å². The van der Waals surface area contributed by atoms with Gasteiger partial charge in [0.05, 0.1) is 12.7 Å². The minimum Gasteiger partial charge on any atom is -0.497 e. The summed E-state index contributed by atoms with van der Waals surface area (Å²) in [5.41, 5.74) is 3.96. The van der Waals surface area contributed by atoms with E-state index in [4.69, 9.17) is 19.8 Å². The summed E-state index contributed by atoms with van der Waals surface area (Å²) in [6, 6.07) is 10.1. The van der Waals surface area contributed by atoms with Crippen molar-refractivity contribution < 1.29 is 4.74 Å². The molecule has 1 saturated heterocycles. The average molecular weight is 421 g/mol. The number of thiazole rings is 1. The van der Waals surface area contributed by atoms with Gasteiger partial charge in [-0.3, -0.25) is 0 Å². The van der Waals surface area contributed by atoms with Gasteiger partial charge in [0.1, 0.15) is 16.6 Å². The van der Waals surface area contributed by atoms with E-state index in [9.17, 15) is 0 Å². The van der Waals surface area contributed by atoms with Gasteiger partial charge in [0.15, 0.2) is 11.5 Å². The first-order valence-corrected chi connectivity index (χ1v) is 11.0. The van der Waals surface area contributed by atoms with Crippen molar-refractivity contribution in [2.24, 2.45) is 0 Å². The van der Waals surface area contributed by atoms with E-state index in [2.05, 4.69) is 33.8 Å². The molecule has 4 heterocycles. The predicted octanol–water partition coefficient (Wildman–Crippen LogP) is 4.38. The average Bonchev–Trinajstić information content (AvgIpc) is 3.51. The third-order valence-corrected chi connectivity index (χ3v) is 6.33. The van der Waals surface area contributed by atoms with Crippen molar-refractivity contribution >= 4 is 28.6 Å². The van der Waals surface area contributed by atoms with E-state index in [1.54, 1.807) is 18.4 Å². The number of nitrogens with zero attached hydrogens (tertiary/aromatic N) is 5. The summed E-state index contributed by atoms with van der Waals surface area (Å²) in [6.45, 7) is 4.79. The minimum atomic E-state index is 0.657. The molecule has 154 valence electrons. The molecule has 1 aliphatic heterocycles. The number of methoxy groups -OCH3 is 1. The molecule has 1 fully saturated rings. The van der Waals surface area contributed by atoms with E-state index in [-0.39, 0.29) is 0 Å². The molecule has 8 heteroatoms. The Morgan fingerprint density at radius 2 is 1.90 bits per heavy atom. The van der Waals surface area contributed by atoms with Crippen molar-refractivity contribution in [1.29, 1.82) is 0 Å². The standard InChI is InChI=1S/C22H24N6OS/c1-15-14-30-22(24-15)19-20(23-13-16-5-7-17(29-2)8-6-16)26-28-12-9-18(25-21(19)28)27-10-3-4-11-27/h5-9,12,14H,3-4,10-11,13H2,1-2H3,(H,23,26). The molecule has 5 rings (SSSR count). The van der Waals surface area contributed by atoms with Crippen molar-refractivity contribution in [2.45, 2.75) is 26.3 Å². The van der Waals surface area contributed by atoms with Crippen LogP contribution in [0.5, 0.6) is 5.75 Å². The van der Waals surface area contributed by atoms with Crippen LogP contribution in [0.4, 0.5) is 11.6 Å². The van der Waals surface area contributed by atoms with E-state index >= 15 is 0 Å². The number of benzene rings is 1. The fourth-order valence-electron chi connectivity index (χ4n) is 3.76. The van der Waals surface area contributed by atoms with Crippen LogP contribution in [0.25, 0.3) is 16.2 Å². The molecule has 0 radical (unpaired) electrons. The summed E-state index contributed by atoms with van der Waals surface area (Å²) >= 11 is 1.63. The molecule has 1 aromatic carbocycles. The molecule has 30 heavy (non-hydrogen) atoms. The van der Waals surface area contributed by atoms with Crippen LogP contribution in [0.1, 0.15) is 24.1 Å². The van der Waals surface area contributed by atoms with E-state index in [1.165, 1.54) is 12.8 Å². The number of hydrogen-bond acceptors (Lipinski definition) is 7. The lowest BCUT2D eigenvalue weighted by Gasteiger charge is -2.15. The van der Waals surface area contributed by atoms with E-state index in [0.717, 1.165) is 58.0 Å². The first kappa shape index (κ1) is 18.9. The maximum Gasteiger partial charge on any atom is 0.169 e. The second-order valence-corrected chi connectivity index (χ2v) is 8.33. The Hall–Kier alpha value is -3.13. The lowest BCUT2D eigenvalue weighted by Crippen LogP contribution is -2.19. The highest BCUT2D eigenvalue weighted by molar-refractivity contribution is 7.13. The van der Waals surface area contributed by atoms with Gasteiger partial charge >= 0.3 is 0 Å². The van der Waals surface area contributed by atoms with Crippen LogP contribution in [0, 0.1) is 6.92 Å². The molecule has 1 N–H and O–H groups in total. The summed E-state index contributed by atoms with van der Waals surface area (Å²) in [5, 5.41) is 11.3. The van der Waals surface area contributed by atoms with Gasteiger partial charge in [0.25, 0.3) is 0 Å².